The van der Waals surface area contributed by atoms with E-state index >= 15 is 0 Å². The number of ether oxygens (including phenoxy) is 2. The van der Waals surface area contributed by atoms with Gasteiger partial charge in [0.25, 0.3) is 0 Å². The molecule has 0 aliphatic carbocycles. The molecule has 0 bridgehead atoms. The Labute approximate surface area is 122 Å². The molecule has 2 N–H and O–H groups in total. The fraction of sp³-hybridized carbons (Fsp3) is 0.600. The quantitative estimate of drug-likeness (QED) is 0.927. The lowest BCUT2D eigenvalue weighted by Gasteiger charge is -2.38. The van der Waals surface area contributed by atoms with Gasteiger partial charge in [0.1, 0.15) is 5.75 Å². The molecule has 1 aromatic rings. The van der Waals surface area contributed by atoms with Gasteiger partial charge in [-0.1, -0.05) is 12.1 Å². The number of hydrogen-bond donors (Lipinski definition) is 1. The molecule has 1 fully saturated rings. The molecule has 2 atom stereocenters. The van der Waals surface area contributed by atoms with Crippen LogP contribution in [0.15, 0.2) is 24.3 Å². The second-order valence-corrected chi connectivity index (χ2v) is 5.62. The maximum Gasteiger partial charge on any atom is 0.573 e. The van der Waals surface area contributed by atoms with Crippen LogP contribution in [0.2, 0.25) is 0 Å². The zero-order chi connectivity index (χ0) is 15.5. The molecule has 3 nitrogen and oxygen atoms in total. The van der Waals surface area contributed by atoms with Gasteiger partial charge in [-0.15, -0.1) is 13.2 Å². The smallest absolute Gasteiger partial charge is 0.406 e. The standard InChI is InChI=1S/C15H20F3NO2/c1-14(8-2-3-9-20-14)13(19)10-11-4-6-12(7-5-11)21-15(16,17)18/h4-7,13H,2-3,8-10,19H2,1H3. The zero-order valence-electron chi connectivity index (χ0n) is 12.0. The molecule has 1 aliphatic rings. The number of halogens is 3. The van der Waals surface area contributed by atoms with E-state index in [-0.39, 0.29) is 17.4 Å². The first-order valence-electron chi connectivity index (χ1n) is 7.03. The van der Waals surface area contributed by atoms with Crippen LogP contribution in [-0.2, 0) is 11.2 Å². The van der Waals surface area contributed by atoms with Crippen LogP contribution in [-0.4, -0.2) is 24.6 Å². The highest BCUT2D eigenvalue weighted by molar-refractivity contribution is 5.28. The zero-order valence-corrected chi connectivity index (χ0v) is 12.0. The Morgan fingerprint density at radius 2 is 1.95 bits per heavy atom. The first kappa shape index (κ1) is 16.1. The topological polar surface area (TPSA) is 44.5 Å². The highest BCUT2D eigenvalue weighted by Gasteiger charge is 2.34. The maximum atomic E-state index is 12.1. The van der Waals surface area contributed by atoms with E-state index in [1.807, 2.05) is 6.92 Å². The predicted molar refractivity (Wildman–Crippen MR) is 73.0 cm³/mol. The lowest BCUT2D eigenvalue weighted by molar-refractivity contribution is -0.274. The number of alkyl halides is 3. The van der Waals surface area contributed by atoms with Crippen LogP contribution in [0, 0.1) is 0 Å². The Morgan fingerprint density at radius 3 is 2.48 bits per heavy atom. The third-order valence-electron chi connectivity index (χ3n) is 3.90. The van der Waals surface area contributed by atoms with Crippen molar-refractivity contribution in [3.8, 4) is 5.75 Å². The second kappa shape index (κ2) is 6.23. The van der Waals surface area contributed by atoms with Crippen LogP contribution in [0.5, 0.6) is 5.75 Å². The van der Waals surface area contributed by atoms with Crippen molar-refractivity contribution in [2.45, 2.75) is 50.6 Å². The van der Waals surface area contributed by atoms with Crippen molar-refractivity contribution in [3.05, 3.63) is 29.8 Å². The average Bonchev–Trinajstić information content (AvgIpc) is 2.40. The Balaban J connectivity index is 1.96. The Hall–Kier alpha value is -1.27. The highest BCUT2D eigenvalue weighted by Crippen LogP contribution is 2.29. The van der Waals surface area contributed by atoms with Crippen LogP contribution >= 0.6 is 0 Å². The van der Waals surface area contributed by atoms with E-state index in [1.54, 1.807) is 12.1 Å². The van der Waals surface area contributed by atoms with Gasteiger partial charge in [-0.05, 0) is 50.3 Å². The van der Waals surface area contributed by atoms with Gasteiger partial charge >= 0.3 is 6.36 Å². The summed E-state index contributed by atoms with van der Waals surface area (Å²) in [4.78, 5) is 0. The van der Waals surface area contributed by atoms with Gasteiger partial charge in [0.2, 0.25) is 0 Å². The molecule has 0 aromatic heterocycles. The Kier molecular flexibility index (Phi) is 4.78. The number of rotatable bonds is 4. The van der Waals surface area contributed by atoms with Gasteiger partial charge in [-0.3, -0.25) is 0 Å². The van der Waals surface area contributed by atoms with Crippen molar-refractivity contribution >= 4 is 0 Å². The molecular formula is C15H20F3NO2. The van der Waals surface area contributed by atoms with Crippen LogP contribution < -0.4 is 10.5 Å². The number of benzene rings is 1. The summed E-state index contributed by atoms with van der Waals surface area (Å²) in [6.45, 7) is 2.71. The lowest BCUT2D eigenvalue weighted by Crippen LogP contribution is -2.50. The van der Waals surface area contributed by atoms with Gasteiger partial charge < -0.3 is 15.2 Å². The minimum Gasteiger partial charge on any atom is -0.406 e. The summed E-state index contributed by atoms with van der Waals surface area (Å²) in [6.07, 6.45) is -1.07. The fourth-order valence-corrected chi connectivity index (χ4v) is 2.55. The van der Waals surface area contributed by atoms with Gasteiger partial charge in [0.15, 0.2) is 0 Å². The first-order chi connectivity index (χ1) is 9.78. The number of nitrogens with two attached hydrogens (primary N) is 1. The summed E-state index contributed by atoms with van der Waals surface area (Å²) in [5, 5.41) is 0. The maximum absolute atomic E-state index is 12.1. The van der Waals surface area contributed by atoms with E-state index in [1.165, 1.54) is 12.1 Å². The van der Waals surface area contributed by atoms with Crippen molar-refractivity contribution in [1.29, 1.82) is 0 Å². The molecule has 21 heavy (non-hydrogen) atoms. The highest BCUT2D eigenvalue weighted by atomic mass is 19.4. The van der Waals surface area contributed by atoms with Crippen LogP contribution in [0.25, 0.3) is 0 Å². The third kappa shape index (κ3) is 4.61. The van der Waals surface area contributed by atoms with Gasteiger partial charge in [-0.25, -0.2) is 0 Å². The molecular weight excluding hydrogens is 283 g/mol. The molecule has 0 radical (unpaired) electrons. The summed E-state index contributed by atoms with van der Waals surface area (Å²) in [6, 6.07) is 5.63. The van der Waals surface area contributed by atoms with Crippen molar-refractivity contribution < 1.29 is 22.6 Å². The van der Waals surface area contributed by atoms with E-state index < -0.39 is 6.36 Å². The predicted octanol–water partition coefficient (Wildman–Crippen LogP) is 3.41. The molecule has 0 amide bonds. The second-order valence-electron chi connectivity index (χ2n) is 5.62. The van der Waals surface area contributed by atoms with E-state index in [9.17, 15) is 13.2 Å². The lowest BCUT2D eigenvalue weighted by atomic mass is 9.85. The molecule has 2 rings (SSSR count). The van der Waals surface area contributed by atoms with Crippen LogP contribution in [0.1, 0.15) is 31.7 Å². The van der Waals surface area contributed by atoms with Crippen molar-refractivity contribution in [2.24, 2.45) is 5.73 Å². The summed E-state index contributed by atoms with van der Waals surface area (Å²) in [5.74, 6) is -0.222. The molecule has 0 spiro atoms. The van der Waals surface area contributed by atoms with Gasteiger partial charge in [0.05, 0.1) is 5.60 Å². The molecule has 0 saturated carbocycles. The Morgan fingerprint density at radius 1 is 1.29 bits per heavy atom. The summed E-state index contributed by atoms with van der Waals surface area (Å²) in [7, 11) is 0. The SMILES string of the molecule is CC1(C(N)Cc2ccc(OC(F)(F)F)cc2)CCCCO1. The largest absolute Gasteiger partial charge is 0.573 e. The third-order valence-corrected chi connectivity index (χ3v) is 3.90. The monoisotopic (exact) mass is 303 g/mol. The van der Waals surface area contributed by atoms with Crippen molar-refractivity contribution in [1.82, 2.24) is 0 Å². The first-order valence-corrected chi connectivity index (χ1v) is 7.03. The van der Waals surface area contributed by atoms with Gasteiger partial charge in [0, 0.05) is 12.6 Å². The Bertz CT molecular complexity index is 453. The average molecular weight is 303 g/mol. The summed E-state index contributed by atoms with van der Waals surface area (Å²) < 4.78 is 45.9. The molecule has 2 unspecified atom stereocenters. The molecule has 1 aliphatic heterocycles. The number of hydrogen-bond acceptors (Lipinski definition) is 3. The van der Waals surface area contributed by atoms with Crippen LogP contribution in [0.3, 0.4) is 0 Å². The van der Waals surface area contributed by atoms with Gasteiger partial charge in [-0.2, -0.15) is 0 Å². The summed E-state index contributed by atoms with van der Waals surface area (Å²) >= 11 is 0. The van der Waals surface area contributed by atoms with Crippen molar-refractivity contribution in [2.75, 3.05) is 6.61 Å². The fourth-order valence-electron chi connectivity index (χ4n) is 2.55. The minimum absolute atomic E-state index is 0.188. The normalized spacial score (nSPS) is 24.6. The molecule has 118 valence electrons. The molecule has 1 heterocycles. The summed E-state index contributed by atoms with van der Waals surface area (Å²) in [5.41, 5.74) is 6.72. The minimum atomic E-state index is -4.67. The molecule has 6 heteroatoms. The van der Waals surface area contributed by atoms with Crippen molar-refractivity contribution in [3.63, 3.8) is 0 Å². The van der Waals surface area contributed by atoms with E-state index in [0.717, 1.165) is 24.8 Å². The van der Waals surface area contributed by atoms with Crippen LogP contribution in [0.4, 0.5) is 13.2 Å². The molecule has 1 saturated heterocycles. The van der Waals surface area contributed by atoms with E-state index in [2.05, 4.69) is 4.74 Å². The van der Waals surface area contributed by atoms with E-state index in [4.69, 9.17) is 10.5 Å². The van der Waals surface area contributed by atoms with E-state index in [0.29, 0.717) is 13.0 Å². The molecule has 1 aromatic carbocycles.